The molecule has 0 unspecified atom stereocenters. The highest BCUT2D eigenvalue weighted by molar-refractivity contribution is 7.99. The number of alkyl halides is 3. The van der Waals surface area contributed by atoms with Gasteiger partial charge in [-0.3, -0.25) is 4.79 Å². The smallest absolute Gasteiger partial charge is 0.343 e. The number of aromatic nitrogens is 2. The van der Waals surface area contributed by atoms with E-state index in [0.29, 0.717) is 18.5 Å². The molecule has 1 aromatic rings. The van der Waals surface area contributed by atoms with E-state index in [1.165, 1.54) is 0 Å². The molecule has 4 atom stereocenters. The molecule has 25 heavy (non-hydrogen) atoms. The van der Waals surface area contributed by atoms with Gasteiger partial charge in [-0.25, -0.2) is 9.97 Å². The van der Waals surface area contributed by atoms with Gasteiger partial charge >= 0.3 is 6.18 Å². The Kier molecular flexibility index (Phi) is 4.28. The Hall–Kier alpha value is -1.19. The normalized spacial score (nSPS) is 31.9. The predicted molar refractivity (Wildman–Crippen MR) is 82.1 cm³/mol. The lowest BCUT2D eigenvalue weighted by Crippen LogP contribution is -2.37. The first-order valence-corrected chi connectivity index (χ1v) is 9.12. The Morgan fingerprint density at radius 2 is 2.04 bits per heavy atom. The molecule has 0 radical (unpaired) electrons. The van der Waals surface area contributed by atoms with Crippen molar-refractivity contribution >= 4 is 17.5 Å². The molecule has 3 aliphatic rings. The maximum atomic E-state index is 13.5. The summed E-state index contributed by atoms with van der Waals surface area (Å²) < 4.78 is 51.1. The van der Waals surface area contributed by atoms with Crippen molar-refractivity contribution in [1.82, 2.24) is 9.97 Å². The molecular formula is C16H17F3N2O3S. The standard InChI is InChI=1S/C16H17F3N2O3S/c1-7-2-3-9-8(4-7)13(16(17,18)19)21-15(20-9)25-12-5-10(22)14-23-6-11(12)24-14/h7,11-12,14H,2-6H2,1H3/t7-,11-,12-,14-/m0/s1. The Balaban J connectivity index is 1.65. The quantitative estimate of drug-likeness (QED) is 0.742. The number of carbonyl (C=O) groups excluding carboxylic acids is 1. The second-order valence-electron chi connectivity index (χ2n) is 6.79. The average Bonchev–Trinajstić information content (AvgIpc) is 2.97. The molecule has 9 heteroatoms. The molecule has 5 nitrogen and oxygen atoms in total. The van der Waals surface area contributed by atoms with Crippen molar-refractivity contribution in [1.29, 1.82) is 0 Å². The fourth-order valence-corrected chi connectivity index (χ4v) is 4.63. The van der Waals surface area contributed by atoms with E-state index < -0.39 is 18.2 Å². The molecule has 3 heterocycles. The van der Waals surface area contributed by atoms with E-state index in [1.807, 2.05) is 6.92 Å². The van der Waals surface area contributed by atoms with Crippen LogP contribution in [-0.2, 0) is 33.3 Å². The number of carbonyl (C=O) groups is 1. The van der Waals surface area contributed by atoms with Crippen molar-refractivity contribution in [3.8, 4) is 0 Å². The lowest BCUT2D eigenvalue weighted by atomic mass is 9.87. The number of nitrogens with zero attached hydrogens (tertiary/aromatic N) is 2. The minimum atomic E-state index is -4.51. The first kappa shape index (κ1) is 17.2. The summed E-state index contributed by atoms with van der Waals surface area (Å²) in [4.78, 5) is 20.0. The molecule has 1 aromatic heterocycles. The number of rotatable bonds is 2. The Bertz CT molecular complexity index is 713. The molecule has 2 saturated heterocycles. The number of hydrogen-bond acceptors (Lipinski definition) is 6. The number of thioether (sulfide) groups is 1. The van der Waals surface area contributed by atoms with Crippen LogP contribution in [0.3, 0.4) is 0 Å². The Labute approximate surface area is 146 Å². The molecule has 0 amide bonds. The van der Waals surface area contributed by atoms with Gasteiger partial charge in [0.05, 0.1) is 12.7 Å². The summed E-state index contributed by atoms with van der Waals surface area (Å²) in [5.74, 6) is 0.00159. The van der Waals surface area contributed by atoms with Crippen LogP contribution < -0.4 is 0 Å². The lowest BCUT2D eigenvalue weighted by molar-refractivity contribution is -0.151. The van der Waals surface area contributed by atoms with E-state index in [1.54, 1.807) is 0 Å². The van der Waals surface area contributed by atoms with Crippen molar-refractivity contribution in [2.24, 2.45) is 5.92 Å². The van der Waals surface area contributed by atoms with Gasteiger partial charge in [0, 0.05) is 22.9 Å². The second-order valence-corrected chi connectivity index (χ2v) is 8.00. The van der Waals surface area contributed by atoms with Gasteiger partial charge in [0.15, 0.2) is 16.6 Å². The molecule has 4 rings (SSSR count). The van der Waals surface area contributed by atoms with Gasteiger partial charge in [-0.05, 0) is 25.2 Å². The molecule has 2 bridgehead atoms. The molecule has 0 aromatic carbocycles. The molecule has 2 fully saturated rings. The molecule has 136 valence electrons. The van der Waals surface area contributed by atoms with Crippen molar-refractivity contribution in [3.63, 3.8) is 0 Å². The highest BCUT2D eigenvalue weighted by Gasteiger charge is 2.45. The van der Waals surface area contributed by atoms with Crippen LogP contribution in [0.25, 0.3) is 0 Å². The average molecular weight is 374 g/mol. The summed E-state index contributed by atoms with van der Waals surface area (Å²) in [7, 11) is 0. The van der Waals surface area contributed by atoms with E-state index in [-0.39, 0.29) is 46.8 Å². The Morgan fingerprint density at radius 3 is 2.80 bits per heavy atom. The van der Waals surface area contributed by atoms with Crippen molar-refractivity contribution < 1.29 is 27.4 Å². The minimum absolute atomic E-state index is 0.0624. The van der Waals surface area contributed by atoms with Crippen LogP contribution in [0, 0.1) is 5.92 Å². The van der Waals surface area contributed by atoms with Crippen LogP contribution in [0.1, 0.15) is 36.7 Å². The molecule has 0 saturated carbocycles. The lowest BCUT2D eigenvalue weighted by Gasteiger charge is -2.27. The van der Waals surface area contributed by atoms with E-state index >= 15 is 0 Å². The van der Waals surface area contributed by atoms with Gasteiger partial charge in [-0.15, -0.1) is 0 Å². The summed E-state index contributed by atoms with van der Waals surface area (Å²) in [5, 5.41) is -0.264. The van der Waals surface area contributed by atoms with E-state index in [4.69, 9.17) is 9.47 Å². The largest absolute Gasteiger partial charge is 0.433 e. The third kappa shape index (κ3) is 3.29. The predicted octanol–water partition coefficient (Wildman–Crippen LogP) is 2.80. The van der Waals surface area contributed by atoms with E-state index in [2.05, 4.69) is 9.97 Å². The third-order valence-electron chi connectivity index (χ3n) is 4.81. The second kappa shape index (κ2) is 6.21. The highest BCUT2D eigenvalue weighted by atomic mass is 32.2. The number of ketones is 1. The van der Waals surface area contributed by atoms with Crippen molar-refractivity contribution in [3.05, 3.63) is 17.0 Å². The van der Waals surface area contributed by atoms with Crippen LogP contribution in [0.5, 0.6) is 0 Å². The number of ether oxygens (including phenoxy) is 2. The van der Waals surface area contributed by atoms with Gasteiger partial charge in [0.2, 0.25) is 6.29 Å². The molecule has 1 aliphatic carbocycles. The number of Topliss-reactive ketones (excluding diaryl/α,β-unsaturated/α-hetero) is 1. The number of halogens is 3. The van der Waals surface area contributed by atoms with Crippen LogP contribution in [0.2, 0.25) is 0 Å². The monoisotopic (exact) mass is 374 g/mol. The van der Waals surface area contributed by atoms with Crippen molar-refractivity contribution in [2.75, 3.05) is 6.61 Å². The maximum Gasteiger partial charge on any atom is 0.433 e. The third-order valence-corrected chi connectivity index (χ3v) is 5.98. The topological polar surface area (TPSA) is 61.3 Å². The molecule has 0 spiro atoms. The van der Waals surface area contributed by atoms with Crippen molar-refractivity contribution in [2.45, 2.75) is 61.6 Å². The van der Waals surface area contributed by atoms with Crippen LogP contribution >= 0.6 is 11.8 Å². The zero-order valence-electron chi connectivity index (χ0n) is 13.5. The SMILES string of the molecule is C[C@H]1CCc2nc(S[C@H]3CC(=O)[C@H]4OC[C@@H]3O4)nc(C(F)(F)F)c2C1. The van der Waals surface area contributed by atoms with Gasteiger partial charge in [0.25, 0.3) is 0 Å². The van der Waals surface area contributed by atoms with Gasteiger partial charge in [-0.1, -0.05) is 18.7 Å². The highest BCUT2D eigenvalue weighted by Crippen LogP contribution is 2.40. The fraction of sp³-hybridized carbons (Fsp3) is 0.688. The summed E-state index contributed by atoms with van der Waals surface area (Å²) in [6.45, 7) is 2.20. The number of hydrogen-bond donors (Lipinski definition) is 0. The van der Waals surface area contributed by atoms with Gasteiger partial charge in [-0.2, -0.15) is 13.2 Å². The van der Waals surface area contributed by atoms with E-state index in [0.717, 1.165) is 18.2 Å². The first-order chi connectivity index (χ1) is 11.8. The van der Waals surface area contributed by atoms with Crippen LogP contribution in [0.4, 0.5) is 13.2 Å². The molecule has 0 N–H and O–H groups in total. The minimum Gasteiger partial charge on any atom is -0.343 e. The molecule has 2 aliphatic heterocycles. The summed E-state index contributed by atoms with van der Waals surface area (Å²) in [6, 6.07) is 0. The van der Waals surface area contributed by atoms with Gasteiger partial charge < -0.3 is 9.47 Å². The van der Waals surface area contributed by atoms with Gasteiger partial charge in [0.1, 0.15) is 0 Å². The number of fused-ring (bicyclic) bond motifs is 3. The maximum absolute atomic E-state index is 13.5. The van der Waals surface area contributed by atoms with E-state index in [9.17, 15) is 18.0 Å². The van der Waals surface area contributed by atoms with Crippen LogP contribution in [-0.4, -0.2) is 40.0 Å². The first-order valence-electron chi connectivity index (χ1n) is 8.24. The molecular weight excluding hydrogens is 357 g/mol. The number of aryl methyl sites for hydroxylation is 1. The summed E-state index contributed by atoms with van der Waals surface area (Å²) in [5.41, 5.74) is -0.141. The Morgan fingerprint density at radius 1 is 1.24 bits per heavy atom. The fourth-order valence-electron chi connectivity index (χ4n) is 3.51. The van der Waals surface area contributed by atoms with Crippen LogP contribution in [0.15, 0.2) is 5.16 Å². The summed E-state index contributed by atoms with van der Waals surface area (Å²) in [6.07, 6.45) is -3.78. The zero-order chi connectivity index (χ0) is 17.8. The summed E-state index contributed by atoms with van der Waals surface area (Å²) >= 11 is 1.08. The zero-order valence-corrected chi connectivity index (χ0v) is 14.3.